The summed E-state index contributed by atoms with van der Waals surface area (Å²) in [6.07, 6.45) is 0. The first-order chi connectivity index (χ1) is 9.25. The Morgan fingerprint density at radius 1 is 1.11 bits per heavy atom. The first-order valence-corrected chi connectivity index (χ1v) is 6.26. The van der Waals surface area contributed by atoms with Crippen LogP contribution in [0.15, 0.2) is 42.5 Å². The van der Waals surface area contributed by atoms with Gasteiger partial charge in [0.15, 0.2) is 0 Å². The number of halogens is 1. The van der Waals surface area contributed by atoms with E-state index >= 15 is 0 Å². The van der Waals surface area contributed by atoms with E-state index in [-0.39, 0.29) is 5.56 Å². The highest BCUT2D eigenvalue weighted by atomic mass is 32.1. The van der Waals surface area contributed by atoms with Crippen LogP contribution in [0.5, 0.6) is 0 Å². The first kappa shape index (κ1) is 11.7. The van der Waals surface area contributed by atoms with Gasteiger partial charge in [-0.1, -0.05) is 18.2 Å². The van der Waals surface area contributed by atoms with Crippen LogP contribution in [0.2, 0.25) is 0 Å². The first-order valence-electron chi connectivity index (χ1n) is 5.53. The van der Waals surface area contributed by atoms with E-state index in [4.69, 9.17) is 0 Å². The van der Waals surface area contributed by atoms with Gasteiger partial charge >= 0.3 is 0 Å². The molecular weight excluding hydrogens is 265 g/mol. The standard InChI is InChI=1S/C13H8FN3OS/c14-9-5-2-1-4-8(9)13(18)15-10-6-3-7-11-12(10)17-19-16-11/h1-7H,(H,15,18). The van der Waals surface area contributed by atoms with Crippen molar-refractivity contribution in [2.75, 3.05) is 5.32 Å². The summed E-state index contributed by atoms with van der Waals surface area (Å²) in [4.78, 5) is 12.0. The third-order valence-electron chi connectivity index (χ3n) is 2.65. The van der Waals surface area contributed by atoms with Crippen molar-refractivity contribution in [3.63, 3.8) is 0 Å². The summed E-state index contributed by atoms with van der Waals surface area (Å²) < 4.78 is 21.7. The molecule has 0 bridgehead atoms. The predicted molar refractivity (Wildman–Crippen MR) is 71.8 cm³/mol. The zero-order valence-corrected chi connectivity index (χ0v) is 10.4. The number of fused-ring (bicyclic) bond motifs is 1. The van der Waals surface area contributed by atoms with E-state index in [1.165, 1.54) is 18.2 Å². The topological polar surface area (TPSA) is 54.9 Å². The third kappa shape index (κ3) is 2.17. The van der Waals surface area contributed by atoms with Gasteiger partial charge in [-0.3, -0.25) is 4.79 Å². The minimum absolute atomic E-state index is 0.00249. The highest BCUT2D eigenvalue weighted by molar-refractivity contribution is 7.00. The second kappa shape index (κ2) is 4.74. The second-order valence-electron chi connectivity index (χ2n) is 3.87. The monoisotopic (exact) mass is 273 g/mol. The fourth-order valence-electron chi connectivity index (χ4n) is 1.74. The van der Waals surface area contributed by atoms with Crippen LogP contribution in [-0.2, 0) is 0 Å². The predicted octanol–water partition coefficient (Wildman–Crippen LogP) is 3.08. The van der Waals surface area contributed by atoms with Gasteiger partial charge in [-0.05, 0) is 24.3 Å². The van der Waals surface area contributed by atoms with Crippen molar-refractivity contribution in [3.05, 3.63) is 53.8 Å². The number of nitrogens with zero attached hydrogens (tertiary/aromatic N) is 2. The van der Waals surface area contributed by atoms with Crippen LogP contribution in [0.3, 0.4) is 0 Å². The van der Waals surface area contributed by atoms with Gasteiger partial charge in [0.1, 0.15) is 16.9 Å². The molecule has 4 nitrogen and oxygen atoms in total. The van der Waals surface area contributed by atoms with Crippen molar-refractivity contribution in [1.29, 1.82) is 0 Å². The van der Waals surface area contributed by atoms with E-state index < -0.39 is 11.7 Å². The van der Waals surface area contributed by atoms with Crippen molar-refractivity contribution in [1.82, 2.24) is 8.75 Å². The molecule has 3 aromatic rings. The van der Waals surface area contributed by atoms with Gasteiger partial charge in [0.25, 0.3) is 5.91 Å². The van der Waals surface area contributed by atoms with Crippen molar-refractivity contribution in [2.45, 2.75) is 0 Å². The molecule has 6 heteroatoms. The summed E-state index contributed by atoms with van der Waals surface area (Å²) >= 11 is 1.07. The molecule has 0 atom stereocenters. The molecule has 0 radical (unpaired) electrons. The van der Waals surface area contributed by atoms with E-state index in [9.17, 15) is 9.18 Å². The summed E-state index contributed by atoms with van der Waals surface area (Å²) in [5, 5.41) is 2.65. The van der Waals surface area contributed by atoms with Crippen LogP contribution >= 0.6 is 11.7 Å². The second-order valence-corrected chi connectivity index (χ2v) is 4.40. The maximum absolute atomic E-state index is 13.5. The van der Waals surface area contributed by atoms with Crippen LogP contribution < -0.4 is 5.32 Å². The maximum Gasteiger partial charge on any atom is 0.258 e. The van der Waals surface area contributed by atoms with E-state index in [1.54, 1.807) is 24.3 Å². The lowest BCUT2D eigenvalue weighted by Crippen LogP contribution is -2.13. The zero-order valence-electron chi connectivity index (χ0n) is 9.63. The van der Waals surface area contributed by atoms with E-state index in [1.807, 2.05) is 0 Å². The molecule has 0 aliphatic carbocycles. The average molecular weight is 273 g/mol. The Kier molecular flexibility index (Phi) is 2.92. The molecule has 0 aliphatic heterocycles. The molecule has 1 amide bonds. The molecule has 2 aromatic carbocycles. The lowest BCUT2D eigenvalue weighted by molar-refractivity contribution is 0.102. The molecule has 0 saturated carbocycles. The number of aromatic nitrogens is 2. The smallest absolute Gasteiger partial charge is 0.258 e. The van der Waals surface area contributed by atoms with Gasteiger partial charge in [0.05, 0.1) is 23.0 Å². The van der Waals surface area contributed by atoms with Crippen LogP contribution in [0.4, 0.5) is 10.1 Å². The molecule has 0 unspecified atom stereocenters. The fourth-order valence-corrected chi connectivity index (χ4v) is 2.29. The highest BCUT2D eigenvalue weighted by Crippen LogP contribution is 2.22. The number of nitrogens with one attached hydrogen (secondary N) is 1. The average Bonchev–Trinajstić information content (AvgIpc) is 2.88. The maximum atomic E-state index is 13.5. The Bertz CT molecular complexity index is 756. The van der Waals surface area contributed by atoms with Gasteiger partial charge in [-0.2, -0.15) is 8.75 Å². The van der Waals surface area contributed by atoms with E-state index in [2.05, 4.69) is 14.1 Å². The summed E-state index contributed by atoms with van der Waals surface area (Å²) in [5.74, 6) is -1.05. The van der Waals surface area contributed by atoms with E-state index in [0.717, 1.165) is 11.7 Å². The highest BCUT2D eigenvalue weighted by Gasteiger charge is 2.13. The fraction of sp³-hybridized carbons (Fsp3) is 0. The molecule has 0 aliphatic rings. The number of benzene rings is 2. The Morgan fingerprint density at radius 2 is 1.95 bits per heavy atom. The lowest BCUT2D eigenvalue weighted by atomic mass is 10.2. The molecule has 0 fully saturated rings. The van der Waals surface area contributed by atoms with Gasteiger partial charge < -0.3 is 5.32 Å². The number of hydrogen-bond acceptors (Lipinski definition) is 4. The molecule has 1 heterocycles. The normalized spacial score (nSPS) is 10.6. The van der Waals surface area contributed by atoms with Gasteiger partial charge in [0.2, 0.25) is 0 Å². The lowest BCUT2D eigenvalue weighted by Gasteiger charge is -2.06. The number of amides is 1. The summed E-state index contributed by atoms with van der Waals surface area (Å²) in [5.41, 5.74) is 1.84. The molecule has 1 N–H and O–H groups in total. The number of anilines is 1. The number of hydrogen-bond donors (Lipinski definition) is 1. The van der Waals surface area contributed by atoms with Crippen LogP contribution in [0, 0.1) is 5.82 Å². The Balaban J connectivity index is 1.95. The Morgan fingerprint density at radius 3 is 2.79 bits per heavy atom. The minimum Gasteiger partial charge on any atom is -0.320 e. The molecular formula is C13H8FN3OS. The van der Waals surface area contributed by atoms with Gasteiger partial charge in [-0.15, -0.1) is 0 Å². The largest absolute Gasteiger partial charge is 0.320 e. The summed E-state index contributed by atoms with van der Waals surface area (Å²) in [6, 6.07) is 11.1. The van der Waals surface area contributed by atoms with E-state index in [0.29, 0.717) is 16.7 Å². The summed E-state index contributed by atoms with van der Waals surface area (Å²) in [6.45, 7) is 0. The van der Waals surface area contributed by atoms with Crippen molar-refractivity contribution < 1.29 is 9.18 Å². The molecule has 94 valence electrons. The number of carbonyl (C=O) groups is 1. The molecule has 0 spiro atoms. The van der Waals surface area contributed by atoms with Crippen LogP contribution in [0.25, 0.3) is 11.0 Å². The Hall–Kier alpha value is -2.34. The third-order valence-corrected chi connectivity index (χ3v) is 3.20. The minimum atomic E-state index is -0.552. The SMILES string of the molecule is O=C(Nc1cccc2nsnc12)c1ccccc1F. The Labute approximate surface area is 112 Å². The zero-order chi connectivity index (χ0) is 13.2. The molecule has 0 saturated heterocycles. The van der Waals surface area contributed by atoms with Crippen molar-refractivity contribution in [3.8, 4) is 0 Å². The molecule has 19 heavy (non-hydrogen) atoms. The van der Waals surface area contributed by atoms with Crippen LogP contribution in [-0.4, -0.2) is 14.7 Å². The quantitative estimate of drug-likeness (QED) is 0.780. The molecule has 3 rings (SSSR count). The summed E-state index contributed by atoms with van der Waals surface area (Å²) in [7, 11) is 0. The number of carbonyl (C=O) groups excluding carboxylic acids is 1. The van der Waals surface area contributed by atoms with Crippen molar-refractivity contribution in [2.24, 2.45) is 0 Å². The van der Waals surface area contributed by atoms with Gasteiger partial charge in [0, 0.05) is 0 Å². The van der Waals surface area contributed by atoms with Crippen molar-refractivity contribution >= 4 is 34.4 Å². The number of rotatable bonds is 2. The van der Waals surface area contributed by atoms with Gasteiger partial charge in [-0.25, -0.2) is 4.39 Å². The molecule has 1 aromatic heterocycles. The van der Waals surface area contributed by atoms with Crippen LogP contribution in [0.1, 0.15) is 10.4 Å².